The number of nitrogens with zero attached hydrogens (tertiary/aromatic N) is 3. The van der Waals surface area contributed by atoms with E-state index < -0.39 is 0 Å². The van der Waals surface area contributed by atoms with E-state index in [-0.39, 0.29) is 0 Å². The summed E-state index contributed by atoms with van der Waals surface area (Å²) in [6.45, 7) is 0. The van der Waals surface area contributed by atoms with E-state index in [0.717, 1.165) is 33.6 Å². The van der Waals surface area contributed by atoms with Crippen LogP contribution >= 0.6 is 11.3 Å². The van der Waals surface area contributed by atoms with E-state index in [1.807, 2.05) is 41.7 Å². The van der Waals surface area contributed by atoms with Gasteiger partial charge in [0.25, 0.3) is 0 Å². The molecule has 0 saturated carbocycles. The number of thiophene rings is 1. The second-order valence-corrected chi connectivity index (χ2v) is 11.6. The molecule has 202 valence electrons. The van der Waals surface area contributed by atoms with Crippen LogP contribution in [-0.4, -0.2) is 15.0 Å². The van der Waals surface area contributed by atoms with E-state index in [0.29, 0.717) is 5.82 Å². The second kappa shape index (κ2) is 10.8. The summed E-state index contributed by atoms with van der Waals surface area (Å²) in [5, 5.41) is 2.59. The van der Waals surface area contributed by atoms with E-state index >= 15 is 0 Å². The topological polar surface area (TPSA) is 38.7 Å². The lowest BCUT2D eigenvalue weighted by Crippen LogP contribution is -1.96. The van der Waals surface area contributed by atoms with Crippen molar-refractivity contribution in [3.8, 4) is 56.2 Å². The van der Waals surface area contributed by atoms with Gasteiger partial charge in [-0.15, -0.1) is 11.3 Å². The fourth-order valence-corrected chi connectivity index (χ4v) is 6.92. The number of pyridine rings is 1. The first-order chi connectivity index (χ1) is 21.3. The number of hydrogen-bond donors (Lipinski definition) is 0. The Morgan fingerprint density at radius 1 is 0.419 bits per heavy atom. The van der Waals surface area contributed by atoms with E-state index in [4.69, 9.17) is 9.97 Å². The Hall–Kier alpha value is -5.45. The molecule has 8 rings (SSSR count). The molecule has 0 atom stereocenters. The third kappa shape index (κ3) is 4.78. The lowest BCUT2D eigenvalue weighted by atomic mass is 9.94. The second-order valence-electron chi connectivity index (χ2n) is 10.5. The molecule has 3 aromatic heterocycles. The van der Waals surface area contributed by atoms with Gasteiger partial charge < -0.3 is 0 Å². The monoisotopic (exact) mass is 567 g/mol. The zero-order valence-electron chi connectivity index (χ0n) is 23.2. The normalized spacial score (nSPS) is 11.3. The van der Waals surface area contributed by atoms with Crippen molar-refractivity contribution in [2.75, 3.05) is 0 Å². The average molecular weight is 568 g/mol. The van der Waals surface area contributed by atoms with Crippen LogP contribution in [0.2, 0.25) is 0 Å². The number of benzene rings is 5. The van der Waals surface area contributed by atoms with Gasteiger partial charge in [0.05, 0.1) is 11.4 Å². The first-order valence-electron chi connectivity index (χ1n) is 14.3. The summed E-state index contributed by atoms with van der Waals surface area (Å²) in [7, 11) is 0. The van der Waals surface area contributed by atoms with Crippen molar-refractivity contribution in [1.29, 1.82) is 0 Å². The fourth-order valence-electron chi connectivity index (χ4n) is 5.68. The molecule has 0 amide bonds. The molecule has 0 bridgehead atoms. The largest absolute Gasteiger partial charge is 0.265 e. The Labute approximate surface area is 253 Å². The lowest BCUT2D eigenvalue weighted by Gasteiger charge is -2.13. The number of fused-ring (bicyclic) bond motifs is 3. The third-order valence-corrected chi connectivity index (χ3v) is 9.01. The minimum absolute atomic E-state index is 0.697. The van der Waals surface area contributed by atoms with Crippen LogP contribution in [-0.2, 0) is 0 Å². The fraction of sp³-hybridized carbons (Fsp3) is 0. The Morgan fingerprint density at radius 3 is 1.84 bits per heavy atom. The summed E-state index contributed by atoms with van der Waals surface area (Å²) in [6.07, 6.45) is 3.61. The molecule has 0 saturated heterocycles. The molecule has 4 heteroatoms. The Bertz CT molecular complexity index is 2170. The number of aromatic nitrogens is 3. The molecule has 43 heavy (non-hydrogen) atoms. The van der Waals surface area contributed by atoms with Gasteiger partial charge in [-0.3, -0.25) is 4.98 Å². The van der Waals surface area contributed by atoms with Crippen molar-refractivity contribution in [1.82, 2.24) is 15.0 Å². The summed E-state index contributed by atoms with van der Waals surface area (Å²) in [5.74, 6) is 0.697. The van der Waals surface area contributed by atoms with Gasteiger partial charge >= 0.3 is 0 Å². The van der Waals surface area contributed by atoms with Crippen molar-refractivity contribution in [2.45, 2.75) is 0 Å². The highest BCUT2D eigenvalue weighted by atomic mass is 32.1. The molecule has 0 fully saturated rings. The van der Waals surface area contributed by atoms with E-state index in [1.54, 1.807) is 12.4 Å². The van der Waals surface area contributed by atoms with Gasteiger partial charge in [-0.05, 0) is 64.7 Å². The van der Waals surface area contributed by atoms with Gasteiger partial charge in [-0.25, -0.2) is 9.97 Å². The van der Waals surface area contributed by atoms with Gasteiger partial charge in [0.2, 0.25) is 0 Å². The maximum Gasteiger partial charge on any atom is 0.160 e. The summed E-state index contributed by atoms with van der Waals surface area (Å²) >= 11 is 1.85. The zero-order chi connectivity index (χ0) is 28.6. The molecule has 5 aromatic carbocycles. The van der Waals surface area contributed by atoms with Gasteiger partial charge in [0.1, 0.15) is 0 Å². The molecule has 3 nitrogen and oxygen atoms in total. The van der Waals surface area contributed by atoms with Crippen molar-refractivity contribution < 1.29 is 0 Å². The summed E-state index contributed by atoms with van der Waals surface area (Å²) < 4.78 is 2.60. The lowest BCUT2D eigenvalue weighted by molar-refractivity contribution is 1.18. The highest BCUT2D eigenvalue weighted by Crippen LogP contribution is 2.42. The molecule has 0 aliphatic carbocycles. The SMILES string of the molecule is c1ccc(-c2cc(-c3cc(-c4ccncc4)nc(-c4ccccc4)n3)cc(-c3cccc4c3sc3ccccc34)c2)cc1. The van der Waals surface area contributed by atoms with E-state index in [9.17, 15) is 0 Å². The molecule has 0 N–H and O–H groups in total. The maximum absolute atomic E-state index is 5.14. The molecular formula is C39H25N3S. The molecular weight excluding hydrogens is 543 g/mol. The van der Waals surface area contributed by atoms with Crippen LogP contribution in [0.25, 0.3) is 76.3 Å². The first kappa shape index (κ1) is 25.3. The zero-order valence-corrected chi connectivity index (χ0v) is 24.0. The van der Waals surface area contributed by atoms with Crippen LogP contribution in [0.1, 0.15) is 0 Å². The minimum atomic E-state index is 0.697. The number of rotatable bonds is 5. The van der Waals surface area contributed by atoms with Gasteiger partial charge in [0, 0.05) is 49.3 Å². The van der Waals surface area contributed by atoms with E-state index in [1.165, 1.54) is 36.9 Å². The van der Waals surface area contributed by atoms with Crippen LogP contribution < -0.4 is 0 Å². The van der Waals surface area contributed by atoms with Crippen LogP contribution in [0.3, 0.4) is 0 Å². The Kier molecular flexibility index (Phi) is 6.32. The minimum Gasteiger partial charge on any atom is -0.265 e. The maximum atomic E-state index is 5.14. The highest BCUT2D eigenvalue weighted by Gasteiger charge is 2.15. The van der Waals surface area contributed by atoms with Crippen LogP contribution in [0.15, 0.2) is 152 Å². The van der Waals surface area contributed by atoms with Gasteiger partial charge in [-0.2, -0.15) is 0 Å². The number of hydrogen-bond acceptors (Lipinski definition) is 4. The van der Waals surface area contributed by atoms with Gasteiger partial charge in [-0.1, -0.05) is 97.1 Å². The molecule has 0 unspecified atom stereocenters. The van der Waals surface area contributed by atoms with Crippen LogP contribution in [0, 0.1) is 0 Å². The van der Waals surface area contributed by atoms with Crippen molar-refractivity contribution in [3.63, 3.8) is 0 Å². The quantitative estimate of drug-likeness (QED) is 0.208. The standard InChI is InChI=1S/C39H25N3S/c1-3-10-26(11-4-1)29-22-30(32-15-9-16-34-33-14-7-8-17-37(33)43-38(32)34)24-31(23-29)36-25-35(27-18-20-40-21-19-27)41-39(42-36)28-12-5-2-6-13-28/h1-25H. The van der Waals surface area contributed by atoms with Crippen molar-refractivity contribution in [3.05, 3.63) is 152 Å². The third-order valence-electron chi connectivity index (χ3n) is 7.79. The van der Waals surface area contributed by atoms with Crippen LogP contribution in [0.5, 0.6) is 0 Å². The summed E-state index contributed by atoms with van der Waals surface area (Å²) in [5.41, 5.74) is 9.48. The summed E-state index contributed by atoms with van der Waals surface area (Å²) in [4.78, 5) is 14.4. The van der Waals surface area contributed by atoms with Crippen molar-refractivity contribution in [2.24, 2.45) is 0 Å². The van der Waals surface area contributed by atoms with E-state index in [2.05, 4.69) is 114 Å². The molecule has 0 aliphatic heterocycles. The first-order valence-corrected chi connectivity index (χ1v) is 15.1. The highest BCUT2D eigenvalue weighted by molar-refractivity contribution is 7.26. The van der Waals surface area contributed by atoms with Crippen molar-refractivity contribution >= 4 is 31.5 Å². The molecule has 0 spiro atoms. The summed E-state index contributed by atoms with van der Waals surface area (Å²) in [6, 6.07) is 49.0. The van der Waals surface area contributed by atoms with Gasteiger partial charge in [0.15, 0.2) is 5.82 Å². The molecule has 3 heterocycles. The predicted octanol–water partition coefficient (Wildman–Crippen LogP) is 10.6. The van der Waals surface area contributed by atoms with Crippen LogP contribution in [0.4, 0.5) is 0 Å². The Balaban J connectivity index is 1.38. The molecule has 8 aromatic rings. The Morgan fingerprint density at radius 2 is 1.05 bits per heavy atom. The molecule has 0 radical (unpaired) electrons. The smallest absolute Gasteiger partial charge is 0.160 e. The average Bonchev–Trinajstić information content (AvgIpc) is 3.48. The molecule has 0 aliphatic rings. The predicted molar refractivity (Wildman–Crippen MR) is 180 cm³/mol.